The van der Waals surface area contributed by atoms with Gasteiger partial charge in [0.15, 0.2) is 0 Å². The van der Waals surface area contributed by atoms with Crippen molar-refractivity contribution in [1.82, 2.24) is 17.9 Å². The summed E-state index contributed by atoms with van der Waals surface area (Å²) in [5, 5.41) is 15.2. The second-order valence-corrected chi connectivity index (χ2v) is 24.0. The molecule has 0 atom stereocenters. The van der Waals surface area contributed by atoms with Gasteiger partial charge in [-0.15, -0.1) is 0 Å². The molecule has 4 nitrogen and oxygen atoms in total. The third-order valence-corrected chi connectivity index (χ3v) is 19.4. The molecule has 0 amide bonds. The fourth-order valence-electron chi connectivity index (χ4n) is 15.5. The zero-order valence-electron chi connectivity index (χ0n) is 47.7. The number of benzene rings is 14. The first kappa shape index (κ1) is 47.6. The van der Waals surface area contributed by atoms with Gasteiger partial charge in [0.1, 0.15) is 0 Å². The second-order valence-electron chi connectivity index (χ2n) is 24.0. The van der Waals surface area contributed by atoms with Crippen molar-refractivity contribution < 1.29 is 0 Å². The van der Waals surface area contributed by atoms with Gasteiger partial charge in [-0.2, -0.15) is 0 Å². The van der Waals surface area contributed by atoms with Gasteiger partial charge in [-0.1, -0.05) is 206 Å². The van der Waals surface area contributed by atoms with Crippen LogP contribution >= 0.6 is 0 Å². The Morgan fingerprint density at radius 1 is 0.170 bits per heavy atom. The van der Waals surface area contributed by atoms with Crippen LogP contribution in [-0.2, 0) is 0 Å². The molecule has 20 aromatic rings. The van der Waals surface area contributed by atoms with Crippen molar-refractivity contribution in [1.29, 1.82) is 0 Å². The standard InChI is InChI=1S/C84H50N4/c1-3-15-51(16-4-1)53-29-36-60(37-30-53)85-77-41-32-56(57-34-43-79-72(48-57)67-25-14-24-66-63-21-7-11-27-75(63)87(79)83(66)67)47-71(77)65-38-31-59(50-81(65)85)62-39-40-68-73-49-58(35-44-80(73)88-76-28-12-9-23-69(76)82(62)84(68)88)55-33-42-78-70(46-55)64-22-8-10-26-74(64)86(78)61-20-13-19-54(45-61)52-17-5-2-6-18-52/h1-50H. The summed E-state index contributed by atoms with van der Waals surface area (Å²) in [6.45, 7) is 0. The van der Waals surface area contributed by atoms with Gasteiger partial charge in [0.2, 0.25) is 0 Å². The predicted molar refractivity (Wildman–Crippen MR) is 372 cm³/mol. The smallest absolute Gasteiger partial charge is 0.0626 e. The molecule has 0 aliphatic carbocycles. The largest absolute Gasteiger partial charge is 0.309 e. The van der Waals surface area contributed by atoms with E-state index in [4.69, 9.17) is 0 Å². The molecular formula is C84H50N4. The lowest BCUT2D eigenvalue weighted by molar-refractivity contribution is 1.18. The van der Waals surface area contributed by atoms with Gasteiger partial charge in [0.05, 0.1) is 55.2 Å². The van der Waals surface area contributed by atoms with Crippen molar-refractivity contribution in [3.63, 3.8) is 0 Å². The SMILES string of the molecule is c1ccc(-c2ccc(-n3c4ccc(-c5ccc6c(c5)c5cccc7c8ccccc8n6c75)cc4c4ccc(-c5ccc6c7cc(-c8ccc9c(c8)c8ccccc8n9-c8cccc(-c9ccccc9)c8)ccc7n7c8ccccc8c5c67)cc43)cc2)cc1. The van der Waals surface area contributed by atoms with Gasteiger partial charge in [0.25, 0.3) is 0 Å². The molecule has 20 rings (SSSR count). The van der Waals surface area contributed by atoms with E-state index in [9.17, 15) is 0 Å². The van der Waals surface area contributed by atoms with E-state index in [2.05, 4.69) is 321 Å². The summed E-state index contributed by atoms with van der Waals surface area (Å²) in [5.74, 6) is 0. The van der Waals surface area contributed by atoms with Gasteiger partial charge < -0.3 is 17.9 Å². The first-order valence-corrected chi connectivity index (χ1v) is 30.5. The Hall–Kier alpha value is -11.7. The zero-order chi connectivity index (χ0) is 57.3. The fourth-order valence-corrected chi connectivity index (χ4v) is 15.5. The molecule has 0 unspecified atom stereocenters. The zero-order valence-corrected chi connectivity index (χ0v) is 47.7. The van der Waals surface area contributed by atoms with Gasteiger partial charge in [0, 0.05) is 76.0 Å². The van der Waals surface area contributed by atoms with Crippen LogP contribution in [0.4, 0.5) is 0 Å². The molecule has 0 fully saturated rings. The van der Waals surface area contributed by atoms with Gasteiger partial charge in [-0.25, -0.2) is 0 Å². The predicted octanol–water partition coefficient (Wildman–Crippen LogP) is 22.5. The van der Waals surface area contributed by atoms with Crippen molar-refractivity contribution in [2.45, 2.75) is 0 Å². The van der Waals surface area contributed by atoms with Gasteiger partial charge in [-0.05, 0) is 153 Å². The van der Waals surface area contributed by atoms with Crippen LogP contribution in [0.2, 0.25) is 0 Å². The molecule has 14 aromatic carbocycles. The molecule has 88 heavy (non-hydrogen) atoms. The molecule has 0 radical (unpaired) electrons. The Balaban J connectivity index is 0.740. The highest BCUT2D eigenvalue weighted by atomic mass is 15.0. The van der Waals surface area contributed by atoms with E-state index in [-0.39, 0.29) is 0 Å². The van der Waals surface area contributed by atoms with Crippen LogP contribution in [0.25, 0.3) is 187 Å². The monoisotopic (exact) mass is 1110 g/mol. The minimum atomic E-state index is 1.13. The van der Waals surface area contributed by atoms with Crippen LogP contribution in [0, 0.1) is 0 Å². The summed E-state index contributed by atoms with van der Waals surface area (Å²) in [5.41, 5.74) is 26.6. The molecule has 6 heterocycles. The van der Waals surface area contributed by atoms with Crippen LogP contribution in [0.1, 0.15) is 0 Å². The number of hydrogen-bond donors (Lipinski definition) is 0. The van der Waals surface area contributed by atoms with E-state index in [1.165, 1.54) is 175 Å². The van der Waals surface area contributed by atoms with Crippen molar-refractivity contribution in [3.8, 4) is 67.0 Å². The number of fused-ring (bicyclic) bond motifs is 18. The molecule has 0 N–H and O–H groups in total. The summed E-state index contributed by atoms with van der Waals surface area (Å²) in [4.78, 5) is 0. The van der Waals surface area contributed by atoms with Crippen LogP contribution in [0.5, 0.6) is 0 Å². The molecule has 0 aliphatic rings. The molecular weight excluding hydrogens is 1060 g/mol. The summed E-state index contributed by atoms with van der Waals surface area (Å²) in [6.07, 6.45) is 0. The summed E-state index contributed by atoms with van der Waals surface area (Å²) in [6, 6.07) is 113. The van der Waals surface area contributed by atoms with Crippen LogP contribution < -0.4 is 0 Å². The maximum absolute atomic E-state index is 2.52. The van der Waals surface area contributed by atoms with Crippen LogP contribution in [-0.4, -0.2) is 17.9 Å². The molecule has 6 aromatic heterocycles. The third kappa shape index (κ3) is 6.63. The Kier molecular flexibility index (Phi) is 9.69. The Morgan fingerprint density at radius 2 is 0.545 bits per heavy atom. The quantitative estimate of drug-likeness (QED) is 0.151. The number of rotatable bonds is 7. The third-order valence-electron chi connectivity index (χ3n) is 19.4. The highest BCUT2D eigenvalue weighted by molar-refractivity contribution is 6.28. The van der Waals surface area contributed by atoms with Crippen LogP contribution in [0.15, 0.2) is 303 Å². The normalized spacial score (nSPS) is 12.3. The highest BCUT2D eigenvalue weighted by Crippen LogP contribution is 2.48. The lowest BCUT2D eigenvalue weighted by Gasteiger charge is -2.11. The van der Waals surface area contributed by atoms with Gasteiger partial charge >= 0.3 is 0 Å². The molecule has 0 spiro atoms. The molecule has 4 heteroatoms. The molecule has 406 valence electrons. The second kappa shape index (κ2) is 17.9. The Bertz CT molecular complexity index is 6270. The van der Waals surface area contributed by atoms with E-state index in [1.807, 2.05) is 0 Å². The van der Waals surface area contributed by atoms with Crippen molar-refractivity contribution in [2.75, 3.05) is 0 Å². The lowest BCUT2D eigenvalue weighted by atomic mass is 9.95. The van der Waals surface area contributed by atoms with Crippen LogP contribution in [0.3, 0.4) is 0 Å². The maximum Gasteiger partial charge on any atom is 0.0626 e. The minimum absolute atomic E-state index is 1.13. The number of hydrogen-bond acceptors (Lipinski definition) is 0. The van der Waals surface area contributed by atoms with E-state index in [1.54, 1.807) is 0 Å². The topological polar surface area (TPSA) is 18.7 Å². The van der Waals surface area contributed by atoms with E-state index < -0.39 is 0 Å². The lowest BCUT2D eigenvalue weighted by Crippen LogP contribution is -1.94. The summed E-state index contributed by atoms with van der Waals surface area (Å²) >= 11 is 0. The molecule has 0 saturated carbocycles. The highest BCUT2D eigenvalue weighted by Gasteiger charge is 2.24. The summed E-state index contributed by atoms with van der Waals surface area (Å²) in [7, 11) is 0. The number of nitrogens with zero attached hydrogens (tertiary/aromatic N) is 4. The first-order chi connectivity index (χ1) is 43.6. The average Bonchev–Trinajstić information content (AvgIpc) is 1.62. The first-order valence-electron chi connectivity index (χ1n) is 30.5. The van der Waals surface area contributed by atoms with E-state index in [0.717, 1.165) is 11.4 Å². The summed E-state index contributed by atoms with van der Waals surface area (Å²) < 4.78 is 9.89. The Labute approximate surface area is 505 Å². The molecule has 0 saturated heterocycles. The molecule has 0 aliphatic heterocycles. The number of aromatic nitrogens is 4. The minimum Gasteiger partial charge on any atom is -0.309 e. The number of para-hydroxylation sites is 4. The van der Waals surface area contributed by atoms with Gasteiger partial charge in [-0.3, -0.25) is 0 Å². The Morgan fingerprint density at radius 3 is 1.19 bits per heavy atom. The van der Waals surface area contributed by atoms with E-state index >= 15 is 0 Å². The average molecular weight is 1120 g/mol. The maximum atomic E-state index is 2.52. The van der Waals surface area contributed by atoms with Crippen molar-refractivity contribution in [2.24, 2.45) is 0 Å². The van der Waals surface area contributed by atoms with Crippen molar-refractivity contribution in [3.05, 3.63) is 303 Å². The van der Waals surface area contributed by atoms with E-state index in [0.29, 0.717) is 0 Å². The fraction of sp³-hybridized carbons (Fsp3) is 0. The molecule has 0 bridgehead atoms. The van der Waals surface area contributed by atoms with Crippen molar-refractivity contribution >= 4 is 120 Å².